The molecular weight excluding hydrogens is 296 g/mol. The molecule has 0 aliphatic carbocycles. The van der Waals surface area contributed by atoms with Crippen LogP contribution in [0.4, 0.5) is 0 Å². The van der Waals surface area contributed by atoms with E-state index in [9.17, 15) is 4.79 Å². The molecule has 0 spiro atoms. The van der Waals surface area contributed by atoms with Crippen molar-refractivity contribution < 1.29 is 4.79 Å². The van der Waals surface area contributed by atoms with Gasteiger partial charge in [0, 0.05) is 30.7 Å². The molecule has 4 heteroatoms. The second-order valence-corrected chi connectivity index (χ2v) is 6.70. The van der Waals surface area contributed by atoms with Gasteiger partial charge in [-0.05, 0) is 37.8 Å². The molecule has 3 nitrogen and oxygen atoms in total. The van der Waals surface area contributed by atoms with Gasteiger partial charge in [-0.25, -0.2) is 0 Å². The summed E-state index contributed by atoms with van der Waals surface area (Å²) in [6, 6.07) is 8.47. The van der Waals surface area contributed by atoms with Crippen molar-refractivity contribution in [1.82, 2.24) is 10.2 Å². The summed E-state index contributed by atoms with van der Waals surface area (Å²) in [6.07, 6.45) is 4.22. The van der Waals surface area contributed by atoms with Crippen LogP contribution in [0.1, 0.15) is 45.1 Å². The van der Waals surface area contributed by atoms with Gasteiger partial charge in [-0.3, -0.25) is 9.69 Å². The second-order valence-electron chi connectivity index (χ2n) is 6.29. The fraction of sp³-hybridized carbons (Fsp3) is 0.611. The molecule has 2 atom stereocenters. The Morgan fingerprint density at radius 2 is 2.14 bits per heavy atom. The van der Waals surface area contributed by atoms with E-state index in [0.717, 1.165) is 55.9 Å². The summed E-state index contributed by atoms with van der Waals surface area (Å²) in [7, 11) is 0. The quantitative estimate of drug-likeness (QED) is 0.807. The van der Waals surface area contributed by atoms with Gasteiger partial charge < -0.3 is 5.32 Å². The number of benzene rings is 1. The zero-order valence-corrected chi connectivity index (χ0v) is 14.4. The van der Waals surface area contributed by atoms with Crippen LogP contribution in [-0.2, 0) is 11.3 Å². The van der Waals surface area contributed by atoms with Gasteiger partial charge in [0.05, 0.1) is 5.92 Å². The Labute approximate surface area is 139 Å². The van der Waals surface area contributed by atoms with Gasteiger partial charge >= 0.3 is 0 Å². The topological polar surface area (TPSA) is 32.3 Å². The van der Waals surface area contributed by atoms with Gasteiger partial charge in [-0.1, -0.05) is 43.1 Å². The Morgan fingerprint density at radius 3 is 2.86 bits per heavy atom. The SMILES string of the molecule is CCCCNC(=O)C1CCC(C)N(Cc2ccccc2Cl)C1. The fourth-order valence-electron chi connectivity index (χ4n) is 2.99. The van der Waals surface area contributed by atoms with E-state index in [1.54, 1.807) is 0 Å². The van der Waals surface area contributed by atoms with Crippen molar-refractivity contribution >= 4 is 17.5 Å². The van der Waals surface area contributed by atoms with Crippen molar-refractivity contribution in [2.24, 2.45) is 5.92 Å². The Bertz CT molecular complexity index is 492. The molecule has 1 amide bonds. The van der Waals surface area contributed by atoms with E-state index in [4.69, 9.17) is 11.6 Å². The highest BCUT2D eigenvalue weighted by atomic mass is 35.5. The van der Waals surface area contributed by atoms with Crippen LogP contribution in [0.3, 0.4) is 0 Å². The molecule has 0 saturated carbocycles. The molecule has 1 aromatic rings. The lowest BCUT2D eigenvalue weighted by atomic mass is 9.92. The molecule has 122 valence electrons. The number of amides is 1. The number of nitrogens with zero attached hydrogens (tertiary/aromatic N) is 1. The van der Waals surface area contributed by atoms with Crippen LogP contribution >= 0.6 is 11.6 Å². The summed E-state index contributed by atoms with van der Waals surface area (Å²) in [5.74, 6) is 0.319. The molecule has 2 unspecified atom stereocenters. The molecular formula is C18H27ClN2O. The van der Waals surface area contributed by atoms with Crippen LogP contribution in [0.5, 0.6) is 0 Å². The predicted octanol–water partition coefficient (Wildman–Crippen LogP) is 3.86. The Morgan fingerprint density at radius 1 is 1.36 bits per heavy atom. The van der Waals surface area contributed by atoms with Crippen LogP contribution in [-0.4, -0.2) is 29.9 Å². The minimum Gasteiger partial charge on any atom is -0.356 e. The van der Waals surface area contributed by atoms with Gasteiger partial charge in [0.2, 0.25) is 5.91 Å². The van der Waals surface area contributed by atoms with Crippen molar-refractivity contribution in [2.45, 2.75) is 52.1 Å². The maximum atomic E-state index is 12.3. The van der Waals surface area contributed by atoms with Gasteiger partial charge in [0.25, 0.3) is 0 Å². The van der Waals surface area contributed by atoms with Gasteiger partial charge in [0.1, 0.15) is 0 Å². The number of hydrogen-bond acceptors (Lipinski definition) is 2. The third-order valence-electron chi connectivity index (χ3n) is 4.54. The molecule has 1 fully saturated rings. The van der Waals surface area contributed by atoms with E-state index in [1.807, 2.05) is 18.2 Å². The van der Waals surface area contributed by atoms with Crippen molar-refractivity contribution in [3.8, 4) is 0 Å². The second kappa shape index (κ2) is 8.54. The number of piperidine rings is 1. The summed E-state index contributed by atoms with van der Waals surface area (Å²) in [4.78, 5) is 14.7. The Hall–Kier alpha value is -1.06. The van der Waals surface area contributed by atoms with E-state index < -0.39 is 0 Å². The number of nitrogens with one attached hydrogen (secondary N) is 1. The maximum absolute atomic E-state index is 12.3. The smallest absolute Gasteiger partial charge is 0.224 e. The van der Waals surface area contributed by atoms with E-state index in [1.165, 1.54) is 0 Å². The summed E-state index contributed by atoms with van der Waals surface area (Å²) >= 11 is 6.27. The third-order valence-corrected chi connectivity index (χ3v) is 4.91. The summed E-state index contributed by atoms with van der Waals surface area (Å²) in [5.41, 5.74) is 1.14. The standard InChI is InChI=1S/C18H27ClN2O/c1-3-4-11-20-18(22)16-10-9-14(2)21(13-16)12-15-7-5-6-8-17(15)19/h5-8,14,16H,3-4,9-13H2,1-2H3,(H,20,22). The molecule has 1 aliphatic heterocycles. The van der Waals surface area contributed by atoms with Crippen molar-refractivity contribution in [2.75, 3.05) is 13.1 Å². The van der Waals surface area contributed by atoms with Gasteiger partial charge in [0.15, 0.2) is 0 Å². The molecule has 0 bridgehead atoms. The monoisotopic (exact) mass is 322 g/mol. The van der Waals surface area contributed by atoms with E-state index >= 15 is 0 Å². The first kappa shape index (κ1) is 17.3. The molecule has 1 saturated heterocycles. The Kier molecular flexibility index (Phi) is 6.71. The van der Waals surface area contributed by atoms with Crippen LogP contribution in [0, 0.1) is 5.92 Å². The molecule has 1 N–H and O–H groups in total. The zero-order chi connectivity index (χ0) is 15.9. The molecule has 1 heterocycles. The highest BCUT2D eigenvalue weighted by Crippen LogP contribution is 2.26. The lowest BCUT2D eigenvalue weighted by Gasteiger charge is -2.37. The largest absolute Gasteiger partial charge is 0.356 e. The number of carbonyl (C=O) groups is 1. The molecule has 1 aromatic carbocycles. The minimum absolute atomic E-state index is 0.107. The normalized spacial score (nSPS) is 22.5. The first-order valence-electron chi connectivity index (χ1n) is 8.37. The van der Waals surface area contributed by atoms with Crippen LogP contribution in [0.2, 0.25) is 5.02 Å². The lowest BCUT2D eigenvalue weighted by Crippen LogP contribution is -2.46. The number of rotatable bonds is 6. The average molecular weight is 323 g/mol. The van der Waals surface area contributed by atoms with Crippen LogP contribution < -0.4 is 5.32 Å². The maximum Gasteiger partial charge on any atom is 0.224 e. The number of likely N-dealkylation sites (tertiary alicyclic amines) is 1. The molecule has 22 heavy (non-hydrogen) atoms. The molecule has 2 rings (SSSR count). The first-order chi connectivity index (χ1) is 10.6. The van der Waals surface area contributed by atoms with Crippen molar-refractivity contribution in [3.05, 3.63) is 34.9 Å². The van der Waals surface area contributed by atoms with E-state index in [2.05, 4.69) is 30.1 Å². The van der Waals surface area contributed by atoms with Crippen LogP contribution in [0.25, 0.3) is 0 Å². The van der Waals surface area contributed by atoms with E-state index in [0.29, 0.717) is 6.04 Å². The number of hydrogen-bond donors (Lipinski definition) is 1. The summed E-state index contributed by atoms with van der Waals surface area (Å²) in [5, 5.41) is 3.88. The molecule has 1 aliphatic rings. The zero-order valence-electron chi connectivity index (χ0n) is 13.6. The highest BCUT2D eigenvalue weighted by Gasteiger charge is 2.29. The fourth-order valence-corrected chi connectivity index (χ4v) is 3.19. The van der Waals surface area contributed by atoms with Gasteiger partial charge in [-0.15, -0.1) is 0 Å². The average Bonchev–Trinajstić information content (AvgIpc) is 2.51. The third kappa shape index (κ3) is 4.72. The van der Waals surface area contributed by atoms with Gasteiger partial charge in [-0.2, -0.15) is 0 Å². The predicted molar refractivity (Wildman–Crippen MR) is 92.0 cm³/mol. The first-order valence-corrected chi connectivity index (χ1v) is 8.74. The van der Waals surface area contributed by atoms with E-state index in [-0.39, 0.29) is 11.8 Å². The highest BCUT2D eigenvalue weighted by molar-refractivity contribution is 6.31. The number of halogens is 1. The summed E-state index contributed by atoms with van der Waals surface area (Å²) in [6.45, 7) is 6.82. The number of unbranched alkanes of at least 4 members (excludes halogenated alkanes) is 1. The number of carbonyl (C=O) groups excluding carboxylic acids is 1. The van der Waals surface area contributed by atoms with Crippen molar-refractivity contribution in [3.63, 3.8) is 0 Å². The minimum atomic E-state index is 0.107. The lowest BCUT2D eigenvalue weighted by molar-refractivity contribution is -0.127. The summed E-state index contributed by atoms with van der Waals surface area (Å²) < 4.78 is 0. The molecule has 0 radical (unpaired) electrons. The van der Waals surface area contributed by atoms with Crippen molar-refractivity contribution in [1.29, 1.82) is 0 Å². The molecule has 0 aromatic heterocycles. The van der Waals surface area contributed by atoms with Crippen LogP contribution in [0.15, 0.2) is 24.3 Å². The Balaban J connectivity index is 1.93.